The molecule has 21 heavy (non-hydrogen) atoms. The Labute approximate surface area is 122 Å². The Kier molecular flexibility index (Phi) is 3.89. The first-order valence-corrected chi connectivity index (χ1v) is 7.06. The number of piperidine rings is 1. The lowest BCUT2D eigenvalue weighted by molar-refractivity contribution is -0.131. The lowest BCUT2D eigenvalue weighted by Gasteiger charge is -2.32. The zero-order valence-corrected chi connectivity index (χ0v) is 11.9. The van der Waals surface area contributed by atoms with Crippen LogP contribution in [0.1, 0.15) is 35.8 Å². The minimum absolute atomic E-state index is 0.0626. The molecule has 1 atom stereocenters. The van der Waals surface area contributed by atoms with E-state index in [1.165, 1.54) is 0 Å². The minimum atomic E-state index is 0.0626. The first kappa shape index (κ1) is 13.7. The summed E-state index contributed by atoms with van der Waals surface area (Å²) in [6, 6.07) is 1.92. The third-order valence-electron chi connectivity index (χ3n) is 3.86. The van der Waals surface area contributed by atoms with Crippen LogP contribution in [0.15, 0.2) is 23.2 Å². The van der Waals surface area contributed by atoms with Crippen LogP contribution >= 0.6 is 0 Å². The van der Waals surface area contributed by atoms with Crippen molar-refractivity contribution in [1.82, 2.24) is 25.2 Å². The maximum absolute atomic E-state index is 12.4. The van der Waals surface area contributed by atoms with E-state index in [0.29, 0.717) is 17.9 Å². The molecule has 0 radical (unpaired) electrons. The summed E-state index contributed by atoms with van der Waals surface area (Å²) in [5.74, 6) is 0.342. The maximum Gasteiger partial charge on any atom is 0.228 e. The van der Waals surface area contributed by atoms with Crippen molar-refractivity contribution in [2.24, 2.45) is 0 Å². The summed E-state index contributed by atoms with van der Waals surface area (Å²) in [4.78, 5) is 22.5. The Hall–Kier alpha value is -2.31. The highest BCUT2D eigenvalue weighted by molar-refractivity contribution is 5.78. The molecular weight excluding hydrogens is 270 g/mol. The van der Waals surface area contributed by atoms with Crippen molar-refractivity contribution in [3.05, 3.63) is 35.7 Å². The van der Waals surface area contributed by atoms with Gasteiger partial charge in [0.05, 0.1) is 6.42 Å². The van der Waals surface area contributed by atoms with Gasteiger partial charge in [-0.2, -0.15) is 0 Å². The van der Waals surface area contributed by atoms with Gasteiger partial charge in [-0.15, -0.1) is 0 Å². The van der Waals surface area contributed by atoms with Crippen molar-refractivity contribution in [2.75, 3.05) is 13.1 Å². The van der Waals surface area contributed by atoms with Crippen LogP contribution in [0.5, 0.6) is 0 Å². The number of aryl methyl sites for hydroxylation is 1. The average molecular weight is 287 g/mol. The number of carbonyl (C=O) groups is 1. The number of rotatable bonds is 3. The van der Waals surface area contributed by atoms with E-state index in [-0.39, 0.29) is 18.2 Å². The molecule has 0 unspecified atom stereocenters. The van der Waals surface area contributed by atoms with Crippen LogP contribution in [-0.2, 0) is 11.2 Å². The summed E-state index contributed by atoms with van der Waals surface area (Å²) in [7, 11) is 0. The van der Waals surface area contributed by atoms with E-state index in [1.54, 1.807) is 19.4 Å². The molecule has 0 bridgehead atoms. The molecular formula is C14H17N5O2. The molecule has 0 spiro atoms. The second kappa shape index (κ2) is 5.99. The van der Waals surface area contributed by atoms with Crippen molar-refractivity contribution < 1.29 is 9.42 Å². The van der Waals surface area contributed by atoms with Gasteiger partial charge >= 0.3 is 0 Å². The smallest absolute Gasteiger partial charge is 0.228 e. The Bertz CT molecular complexity index is 613. The molecule has 110 valence electrons. The Morgan fingerprint density at radius 1 is 1.48 bits per heavy atom. The van der Waals surface area contributed by atoms with Gasteiger partial charge in [0.1, 0.15) is 17.7 Å². The van der Waals surface area contributed by atoms with Crippen LogP contribution in [0.2, 0.25) is 0 Å². The number of carbonyl (C=O) groups excluding carboxylic acids is 1. The molecule has 0 saturated carbocycles. The Morgan fingerprint density at radius 2 is 2.38 bits per heavy atom. The fourth-order valence-corrected chi connectivity index (χ4v) is 2.65. The summed E-state index contributed by atoms with van der Waals surface area (Å²) >= 11 is 0. The zero-order chi connectivity index (χ0) is 14.7. The van der Waals surface area contributed by atoms with Gasteiger partial charge in [-0.05, 0) is 25.8 Å². The number of likely N-dealkylation sites (tertiary alicyclic amines) is 1. The standard InChI is InChI=1S/C14H17N5O2/c1-10-13(18-21-17-10)7-14(20)19-6-2-3-11(8-19)12-4-5-15-9-16-12/h4-5,9,11H,2-3,6-8H2,1H3/t11-/m1/s1. The second-order valence-electron chi connectivity index (χ2n) is 5.29. The van der Waals surface area contributed by atoms with E-state index in [9.17, 15) is 4.79 Å². The zero-order valence-electron chi connectivity index (χ0n) is 11.9. The average Bonchev–Trinajstić information content (AvgIpc) is 2.93. The summed E-state index contributed by atoms with van der Waals surface area (Å²) in [6.45, 7) is 3.27. The number of hydrogen-bond donors (Lipinski definition) is 0. The van der Waals surface area contributed by atoms with Crippen LogP contribution in [-0.4, -0.2) is 44.2 Å². The van der Waals surface area contributed by atoms with Crippen molar-refractivity contribution in [1.29, 1.82) is 0 Å². The lowest BCUT2D eigenvalue weighted by atomic mass is 9.94. The summed E-state index contributed by atoms with van der Waals surface area (Å²) < 4.78 is 4.64. The SMILES string of the molecule is Cc1nonc1CC(=O)N1CCC[C@@H](c2ccncn2)C1. The highest BCUT2D eigenvalue weighted by atomic mass is 16.6. The molecule has 3 rings (SSSR count). The lowest BCUT2D eigenvalue weighted by Crippen LogP contribution is -2.40. The first-order chi connectivity index (χ1) is 10.2. The van der Waals surface area contributed by atoms with E-state index in [2.05, 4.69) is 24.9 Å². The van der Waals surface area contributed by atoms with E-state index >= 15 is 0 Å². The van der Waals surface area contributed by atoms with Crippen LogP contribution in [0.4, 0.5) is 0 Å². The number of aromatic nitrogens is 4. The monoisotopic (exact) mass is 287 g/mol. The van der Waals surface area contributed by atoms with Gasteiger partial charge in [0.15, 0.2) is 0 Å². The van der Waals surface area contributed by atoms with Gasteiger partial charge in [0.2, 0.25) is 5.91 Å². The van der Waals surface area contributed by atoms with Crippen LogP contribution in [0, 0.1) is 6.92 Å². The van der Waals surface area contributed by atoms with Crippen molar-refractivity contribution in [3.8, 4) is 0 Å². The van der Waals surface area contributed by atoms with Gasteiger partial charge in [-0.1, -0.05) is 10.3 Å². The normalized spacial score (nSPS) is 18.7. The van der Waals surface area contributed by atoms with E-state index < -0.39 is 0 Å². The predicted octanol–water partition coefficient (Wildman–Crippen LogP) is 1.12. The summed E-state index contributed by atoms with van der Waals surface area (Å²) in [6.07, 6.45) is 5.57. The van der Waals surface area contributed by atoms with Crippen molar-refractivity contribution in [2.45, 2.75) is 32.1 Å². The van der Waals surface area contributed by atoms with Gasteiger partial charge < -0.3 is 4.90 Å². The topological polar surface area (TPSA) is 85.0 Å². The Morgan fingerprint density at radius 3 is 3.10 bits per heavy atom. The number of nitrogens with zero attached hydrogens (tertiary/aromatic N) is 5. The van der Waals surface area contributed by atoms with Crippen LogP contribution in [0.25, 0.3) is 0 Å². The molecule has 7 heteroatoms. The third-order valence-corrected chi connectivity index (χ3v) is 3.86. The molecule has 1 aliphatic heterocycles. The van der Waals surface area contributed by atoms with Crippen molar-refractivity contribution >= 4 is 5.91 Å². The molecule has 1 aliphatic rings. The second-order valence-corrected chi connectivity index (χ2v) is 5.29. The molecule has 3 heterocycles. The number of amides is 1. The predicted molar refractivity (Wildman–Crippen MR) is 73.3 cm³/mol. The van der Waals surface area contributed by atoms with Gasteiger partial charge in [0, 0.05) is 30.9 Å². The molecule has 1 saturated heterocycles. The van der Waals surface area contributed by atoms with Gasteiger partial charge in [-0.25, -0.2) is 14.6 Å². The minimum Gasteiger partial charge on any atom is -0.342 e. The van der Waals surface area contributed by atoms with Crippen molar-refractivity contribution in [3.63, 3.8) is 0 Å². The molecule has 0 N–H and O–H groups in total. The fraction of sp³-hybridized carbons (Fsp3) is 0.500. The Balaban J connectivity index is 1.66. The molecule has 0 aromatic carbocycles. The largest absolute Gasteiger partial charge is 0.342 e. The van der Waals surface area contributed by atoms with Crippen LogP contribution < -0.4 is 0 Å². The van der Waals surface area contributed by atoms with Gasteiger partial charge in [0.25, 0.3) is 0 Å². The molecule has 2 aromatic heterocycles. The summed E-state index contributed by atoms with van der Waals surface area (Å²) in [5.41, 5.74) is 2.29. The first-order valence-electron chi connectivity index (χ1n) is 7.06. The molecule has 2 aromatic rings. The van der Waals surface area contributed by atoms with Crippen LogP contribution in [0.3, 0.4) is 0 Å². The molecule has 1 amide bonds. The van der Waals surface area contributed by atoms with E-state index in [4.69, 9.17) is 0 Å². The highest BCUT2D eigenvalue weighted by Gasteiger charge is 2.26. The van der Waals surface area contributed by atoms with E-state index in [1.807, 2.05) is 11.0 Å². The molecule has 0 aliphatic carbocycles. The maximum atomic E-state index is 12.4. The number of hydrogen-bond acceptors (Lipinski definition) is 6. The molecule has 7 nitrogen and oxygen atoms in total. The quantitative estimate of drug-likeness (QED) is 0.841. The fourth-order valence-electron chi connectivity index (χ4n) is 2.65. The molecule has 1 fully saturated rings. The third kappa shape index (κ3) is 3.07. The highest BCUT2D eigenvalue weighted by Crippen LogP contribution is 2.25. The summed E-state index contributed by atoms with van der Waals surface area (Å²) in [5, 5.41) is 7.48. The van der Waals surface area contributed by atoms with Gasteiger partial charge in [-0.3, -0.25) is 4.79 Å². The van der Waals surface area contributed by atoms with E-state index in [0.717, 1.165) is 25.1 Å².